The van der Waals surface area contributed by atoms with Gasteiger partial charge in [-0.15, -0.1) is 0 Å². The molecule has 0 amide bonds. The van der Waals surface area contributed by atoms with E-state index in [-0.39, 0.29) is 17.2 Å². The van der Waals surface area contributed by atoms with Crippen LogP contribution in [-0.2, 0) is 4.79 Å². The normalized spacial score (nSPS) is 20.4. The highest BCUT2D eigenvalue weighted by molar-refractivity contribution is 5.75. The van der Waals surface area contributed by atoms with Gasteiger partial charge in [0.1, 0.15) is 23.7 Å². The van der Waals surface area contributed by atoms with Crippen molar-refractivity contribution in [2.45, 2.75) is 38.5 Å². The van der Waals surface area contributed by atoms with E-state index in [0.717, 1.165) is 25.3 Å². The molecule has 1 aliphatic carbocycles. The van der Waals surface area contributed by atoms with Gasteiger partial charge >= 0.3 is 5.97 Å². The van der Waals surface area contributed by atoms with Crippen LogP contribution in [0.5, 0.6) is 5.75 Å². The van der Waals surface area contributed by atoms with E-state index in [0.29, 0.717) is 25.2 Å². The molecule has 0 unspecified atom stereocenters. The molecule has 0 aliphatic heterocycles. The van der Waals surface area contributed by atoms with Gasteiger partial charge in [-0.2, -0.15) is 14.9 Å². The van der Waals surface area contributed by atoms with Crippen molar-refractivity contribution in [2.24, 2.45) is 11.8 Å². The molecular weight excluding hydrogens is 326 g/mol. The molecule has 2 rings (SSSR count). The van der Waals surface area contributed by atoms with Gasteiger partial charge in [0.15, 0.2) is 5.83 Å². The number of esters is 1. The number of benzene rings is 1. The van der Waals surface area contributed by atoms with Crippen LogP contribution in [0.2, 0.25) is 0 Å². The lowest BCUT2D eigenvalue weighted by Crippen LogP contribution is -2.25. The Morgan fingerprint density at radius 3 is 2.60 bits per heavy atom. The molecule has 0 aromatic heterocycles. The zero-order valence-electron chi connectivity index (χ0n) is 13.7. The van der Waals surface area contributed by atoms with E-state index in [1.807, 2.05) is 0 Å². The van der Waals surface area contributed by atoms with Gasteiger partial charge in [0.05, 0.1) is 11.5 Å². The average Bonchev–Trinajstić information content (AvgIpc) is 2.62. The highest BCUT2D eigenvalue weighted by atomic mass is 19.1. The van der Waals surface area contributed by atoms with Gasteiger partial charge in [-0.25, -0.2) is 4.39 Å². The molecule has 1 aromatic carbocycles. The summed E-state index contributed by atoms with van der Waals surface area (Å²) < 4.78 is 31.5. The van der Waals surface area contributed by atoms with Crippen molar-refractivity contribution in [3.05, 3.63) is 41.5 Å². The maximum absolute atomic E-state index is 13.5. The summed E-state index contributed by atoms with van der Waals surface area (Å²) in [5, 5.41) is 17.0. The molecule has 0 saturated heterocycles. The molecule has 0 N–H and O–H groups in total. The summed E-state index contributed by atoms with van der Waals surface area (Å²) in [5.41, 5.74) is -0.0952. The molecule has 0 heterocycles. The number of carbonyl (C=O) groups excluding carboxylic acids is 1. The molecule has 0 spiro atoms. The molecule has 6 heteroatoms. The summed E-state index contributed by atoms with van der Waals surface area (Å²) in [7, 11) is 0. The number of nitrogens with zero attached hydrogens (tertiary/aromatic N) is 2. The summed E-state index contributed by atoms with van der Waals surface area (Å²) >= 11 is 0. The number of ether oxygens (including phenoxy) is 1. The third kappa shape index (κ3) is 5.39. The molecular formula is C19H18F2N2O2. The summed E-state index contributed by atoms with van der Waals surface area (Å²) in [6.45, 7) is 0. The van der Waals surface area contributed by atoms with E-state index >= 15 is 0 Å². The maximum Gasteiger partial charge on any atom is 0.314 e. The Bertz CT molecular complexity index is 739. The van der Waals surface area contributed by atoms with Crippen LogP contribution < -0.4 is 4.74 Å². The van der Waals surface area contributed by atoms with Crippen LogP contribution in [0.3, 0.4) is 0 Å². The van der Waals surface area contributed by atoms with Gasteiger partial charge in [0.2, 0.25) is 0 Å². The third-order valence-electron chi connectivity index (χ3n) is 4.46. The summed E-state index contributed by atoms with van der Waals surface area (Å²) in [6, 6.07) is 6.88. The smallest absolute Gasteiger partial charge is 0.314 e. The molecule has 1 fully saturated rings. The van der Waals surface area contributed by atoms with Crippen LogP contribution in [-0.4, -0.2) is 5.97 Å². The van der Waals surface area contributed by atoms with Gasteiger partial charge in [-0.3, -0.25) is 4.79 Å². The minimum atomic E-state index is -0.757. The zero-order valence-corrected chi connectivity index (χ0v) is 13.7. The molecule has 0 bridgehead atoms. The predicted octanol–water partition coefficient (Wildman–Crippen LogP) is 4.57. The lowest BCUT2D eigenvalue weighted by molar-refractivity contribution is -0.140. The largest absolute Gasteiger partial charge is 0.426 e. The van der Waals surface area contributed by atoms with Crippen molar-refractivity contribution in [2.75, 3.05) is 0 Å². The average molecular weight is 344 g/mol. The van der Waals surface area contributed by atoms with Crippen LogP contribution in [0.15, 0.2) is 30.1 Å². The van der Waals surface area contributed by atoms with Crippen LogP contribution >= 0.6 is 0 Å². The second kappa shape index (κ2) is 8.94. The Kier molecular flexibility index (Phi) is 6.65. The van der Waals surface area contributed by atoms with Crippen LogP contribution in [0.4, 0.5) is 8.78 Å². The fourth-order valence-electron chi connectivity index (χ4n) is 3.03. The lowest BCUT2D eigenvalue weighted by Gasteiger charge is -2.26. The van der Waals surface area contributed by atoms with Gasteiger partial charge in [0.25, 0.3) is 0 Å². The monoisotopic (exact) mass is 344 g/mol. The van der Waals surface area contributed by atoms with Crippen LogP contribution in [0, 0.1) is 40.3 Å². The van der Waals surface area contributed by atoms with E-state index in [1.165, 1.54) is 24.3 Å². The van der Waals surface area contributed by atoms with Crippen molar-refractivity contribution >= 4 is 5.97 Å². The van der Waals surface area contributed by atoms with Crippen molar-refractivity contribution in [3.63, 3.8) is 0 Å². The maximum atomic E-state index is 13.5. The fraction of sp³-hybridized carbons (Fsp3) is 0.421. The van der Waals surface area contributed by atoms with Gasteiger partial charge in [-0.1, -0.05) is 0 Å². The van der Waals surface area contributed by atoms with Gasteiger partial charge in [0, 0.05) is 6.07 Å². The minimum Gasteiger partial charge on any atom is -0.426 e. The number of allylic oxidation sites excluding steroid dienone is 2. The number of hydrogen-bond donors (Lipinski definition) is 0. The first kappa shape index (κ1) is 18.6. The molecule has 1 saturated carbocycles. The van der Waals surface area contributed by atoms with Crippen molar-refractivity contribution in [3.8, 4) is 17.9 Å². The van der Waals surface area contributed by atoms with Crippen molar-refractivity contribution in [1.29, 1.82) is 10.5 Å². The Balaban J connectivity index is 1.80. The topological polar surface area (TPSA) is 73.9 Å². The van der Waals surface area contributed by atoms with E-state index in [2.05, 4.69) is 0 Å². The zero-order chi connectivity index (χ0) is 18.2. The van der Waals surface area contributed by atoms with Gasteiger partial charge in [-0.05, 0) is 62.7 Å². The standard InChI is InChI=1S/C19H18F2N2O2/c20-16(12-23)3-1-2-13-4-6-14(7-5-13)19(24)25-17-9-8-15(11-22)18(21)10-17/h3,8-10,13-14H,1-2,4-7H2. The first-order valence-electron chi connectivity index (χ1n) is 8.20. The number of carbonyl (C=O) groups is 1. The Morgan fingerprint density at radius 2 is 2.00 bits per heavy atom. The molecule has 130 valence electrons. The Labute approximate surface area is 145 Å². The van der Waals surface area contributed by atoms with Crippen LogP contribution in [0.1, 0.15) is 44.1 Å². The van der Waals surface area contributed by atoms with Crippen LogP contribution in [0.25, 0.3) is 0 Å². The first-order chi connectivity index (χ1) is 12.0. The number of halogens is 2. The van der Waals surface area contributed by atoms with E-state index in [1.54, 1.807) is 6.07 Å². The summed E-state index contributed by atoms with van der Waals surface area (Å²) in [6.07, 6.45) is 5.62. The molecule has 0 atom stereocenters. The Hall–Kier alpha value is -2.73. The minimum absolute atomic E-state index is 0.0952. The molecule has 1 aromatic rings. The molecule has 4 nitrogen and oxygen atoms in total. The highest BCUT2D eigenvalue weighted by Crippen LogP contribution is 2.33. The van der Waals surface area contributed by atoms with Crippen molar-refractivity contribution < 1.29 is 18.3 Å². The van der Waals surface area contributed by atoms with E-state index < -0.39 is 17.6 Å². The highest BCUT2D eigenvalue weighted by Gasteiger charge is 2.27. The number of rotatable bonds is 5. The number of nitriles is 2. The summed E-state index contributed by atoms with van der Waals surface area (Å²) in [4.78, 5) is 12.2. The predicted molar refractivity (Wildman–Crippen MR) is 86.2 cm³/mol. The second-order valence-corrected chi connectivity index (χ2v) is 6.13. The fourth-order valence-corrected chi connectivity index (χ4v) is 3.03. The molecule has 1 aliphatic rings. The SMILES string of the molecule is N#CC(F)=CCCC1CCC(C(=O)Oc2ccc(C#N)c(F)c2)CC1. The third-order valence-corrected chi connectivity index (χ3v) is 4.46. The second-order valence-electron chi connectivity index (χ2n) is 6.13. The van der Waals surface area contributed by atoms with E-state index in [9.17, 15) is 13.6 Å². The molecule has 25 heavy (non-hydrogen) atoms. The molecule has 0 radical (unpaired) electrons. The van der Waals surface area contributed by atoms with E-state index in [4.69, 9.17) is 15.3 Å². The van der Waals surface area contributed by atoms with Crippen molar-refractivity contribution in [1.82, 2.24) is 0 Å². The Morgan fingerprint density at radius 1 is 1.28 bits per heavy atom. The first-order valence-corrected chi connectivity index (χ1v) is 8.20. The quantitative estimate of drug-likeness (QED) is 0.446. The van der Waals surface area contributed by atoms with Gasteiger partial charge < -0.3 is 4.74 Å². The summed E-state index contributed by atoms with van der Waals surface area (Å²) in [5.74, 6) is -1.60. The number of hydrogen-bond acceptors (Lipinski definition) is 4. The lowest BCUT2D eigenvalue weighted by atomic mass is 9.80.